The summed E-state index contributed by atoms with van der Waals surface area (Å²) in [6.45, 7) is 0. The predicted octanol–water partition coefficient (Wildman–Crippen LogP) is 2.35. The predicted molar refractivity (Wildman–Crippen MR) is 71.5 cm³/mol. The summed E-state index contributed by atoms with van der Waals surface area (Å²) < 4.78 is 0. The van der Waals surface area contributed by atoms with Gasteiger partial charge in [-0.1, -0.05) is 12.1 Å². The Kier molecular flexibility index (Phi) is 2.49. The molecule has 0 fully saturated rings. The highest BCUT2D eigenvalue weighted by molar-refractivity contribution is 5.80. The van der Waals surface area contributed by atoms with Gasteiger partial charge < -0.3 is 11.1 Å². The highest BCUT2D eigenvalue weighted by Gasteiger charge is 2.05. The van der Waals surface area contributed by atoms with Crippen molar-refractivity contribution in [2.24, 2.45) is 0 Å². The molecule has 0 radical (unpaired) electrons. The first-order valence-corrected chi connectivity index (χ1v) is 5.52. The lowest BCUT2D eigenvalue weighted by Gasteiger charge is -2.08. The molecule has 3 N–H and O–H groups in total. The zero-order chi connectivity index (χ0) is 12.4. The number of para-hydroxylation sites is 2. The largest absolute Gasteiger partial charge is 0.381 e. The van der Waals surface area contributed by atoms with Gasteiger partial charge in [0.25, 0.3) is 0 Å². The van der Waals surface area contributed by atoms with Crippen molar-refractivity contribution in [3.63, 3.8) is 0 Å². The summed E-state index contributed by atoms with van der Waals surface area (Å²) in [6.07, 6.45) is 3.41. The fourth-order valence-corrected chi connectivity index (χ4v) is 1.68. The number of anilines is 3. The minimum atomic E-state index is 0.373. The van der Waals surface area contributed by atoms with E-state index in [1.807, 2.05) is 36.4 Å². The average Bonchev–Trinajstić information content (AvgIpc) is 2.41. The Morgan fingerprint density at radius 1 is 0.944 bits per heavy atom. The number of nitrogens with one attached hydrogen (secondary N) is 1. The van der Waals surface area contributed by atoms with Crippen LogP contribution in [0.3, 0.4) is 0 Å². The lowest BCUT2D eigenvalue weighted by atomic mass is 10.3. The minimum Gasteiger partial charge on any atom is -0.381 e. The second-order valence-corrected chi connectivity index (χ2v) is 3.81. The third-order valence-corrected chi connectivity index (χ3v) is 2.52. The fraction of sp³-hybridized carbons (Fsp3) is 0. The van der Waals surface area contributed by atoms with Crippen molar-refractivity contribution < 1.29 is 0 Å². The maximum atomic E-state index is 5.88. The van der Waals surface area contributed by atoms with Gasteiger partial charge in [-0.15, -0.1) is 0 Å². The lowest BCUT2D eigenvalue weighted by molar-refractivity contribution is 1.27. The van der Waals surface area contributed by atoms with Crippen LogP contribution in [0.2, 0.25) is 0 Å². The topological polar surface area (TPSA) is 76.7 Å². The molecule has 0 unspecified atom stereocenters. The van der Waals surface area contributed by atoms with Crippen LogP contribution in [0.25, 0.3) is 11.0 Å². The molecule has 2 aromatic heterocycles. The maximum absolute atomic E-state index is 5.88. The normalized spacial score (nSPS) is 10.4. The molecule has 0 saturated carbocycles. The Bertz CT molecular complexity index is 681. The van der Waals surface area contributed by atoms with E-state index < -0.39 is 0 Å². The van der Waals surface area contributed by atoms with Crippen molar-refractivity contribution in [2.75, 3.05) is 11.1 Å². The minimum absolute atomic E-state index is 0.373. The van der Waals surface area contributed by atoms with Gasteiger partial charge in [-0.3, -0.25) is 4.98 Å². The van der Waals surface area contributed by atoms with Crippen molar-refractivity contribution >= 4 is 28.4 Å². The molecular formula is C13H11N5. The third-order valence-electron chi connectivity index (χ3n) is 2.52. The summed E-state index contributed by atoms with van der Waals surface area (Å²) in [5.41, 5.74) is 8.29. The molecule has 0 aliphatic carbocycles. The molecule has 2 heterocycles. The van der Waals surface area contributed by atoms with Crippen molar-refractivity contribution in [1.82, 2.24) is 15.0 Å². The molecule has 0 amide bonds. The number of aromatic nitrogens is 3. The van der Waals surface area contributed by atoms with Crippen molar-refractivity contribution in [3.05, 3.63) is 48.8 Å². The van der Waals surface area contributed by atoms with Gasteiger partial charge in [0.2, 0.25) is 0 Å². The van der Waals surface area contributed by atoms with E-state index in [-0.39, 0.29) is 0 Å². The van der Waals surface area contributed by atoms with E-state index >= 15 is 0 Å². The van der Waals surface area contributed by atoms with E-state index in [1.54, 1.807) is 12.4 Å². The lowest BCUT2D eigenvalue weighted by Crippen LogP contribution is -2.02. The molecule has 88 valence electrons. The van der Waals surface area contributed by atoms with E-state index in [9.17, 15) is 0 Å². The van der Waals surface area contributed by atoms with Crippen LogP contribution in [0.15, 0.2) is 48.8 Å². The number of nitrogens with zero attached hydrogens (tertiary/aromatic N) is 3. The SMILES string of the molecule is Nc1nc2ccccc2nc1Nc1cccnc1. The van der Waals surface area contributed by atoms with Gasteiger partial charge >= 0.3 is 0 Å². The van der Waals surface area contributed by atoms with Crippen LogP contribution in [0.1, 0.15) is 0 Å². The van der Waals surface area contributed by atoms with Gasteiger partial charge in [0.05, 0.1) is 22.9 Å². The maximum Gasteiger partial charge on any atom is 0.174 e. The van der Waals surface area contributed by atoms with Crippen molar-refractivity contribution in [1.29, 1.82) is 0 Å². The van der Waals surface area contributed by atoms with Gasteiger partial charge in [-0.05, 0) is 24.3 Å². The van der Waals surface area contributed by atoms with Crippen LogP contribution in [0.5, 0.6) is 0 Å². The molecule has 5 nitrogen and oxygen atoms in total. The van der Waals surface area contributed by atoms with E-state index in [0.29, 0.717) is 11.6 Å². The number of hydrogen-bond acceptors (Lipinski definition) is 5. The molecule has 0 spiro atoms. The highest BCUT2D eigenvalue weighted by atomic mass is 15.1. The summed E-state index contributed by atoms with van der Waals surface area (Å²) in [4.78, 5) is 12.8. The highest BCUT2D eigenvalue weighted by Crippen LogP contribution is 2.21. The van der Waals surface area contributed by atoms with Crippen LogP contribution < -0.4 is 11.1 Å². The van der Waals surface area contributed by atoms with Gasteiger partial charge in [-0.2, -0.15) is 0 Å². The number of nitrogen functional groups attached to an aromatic ring is 1. The summed E-state index contributed by atoms with van der Waals surface area (Å²) in [5.74, 6) is 0.916. The van der Waals surface area contributed by atoms with Crippen molar-refractivity contribution in [2.45, 2.75) is 0 Å². The quantitative estimate of drug-likeness (QED) is 0.715. The van der Waals surface area contributed by atoms with Crippen LogP contribution in [0, 0.1) is 0 Å². The monoisotopic (exact) mass is 237 g/mol. The summed E-state index contributed by atoms with van der Waals surface area (Å²) in [7, 11) is 0. The van der Waals surface area contributed by atoms with E-state index in [0.717, 1.165) is 16.7 Å². The van der Waals surface area contributed by atoms with Gasteiger partial charge in [0, 0.05) is 6.20 Å². The number of benzene rings is 1. The first kappa shape index (κ1) is 10.5. The molecule has 0 aliphatic heterocycles. The molecule has 1 aromatic carbocycles. The molecule has 0 atom stereocenters. The van der Waals surface area contributed by atoms with Gasteiger partial charge in [0.1, 0.15) is 0 Å². The number of nitrogens with two attached hydrogens (primary N) is 1. The Labute approximate surface area is 104 Å². The molecule has 5 heteroatoms. The molecule has 0 aliphatic rings. The van der Waals surface area contributed by atoms with Crippen LogP contribution in [-0.4, -0.2) is 15.0 Å². The Morgan fingerprint density at radius 2 is 1.72 bits per heavy atom. The third kappa shape index (κ3) is 1.93. The molecular weight excluding hydrogens is 226 g/mol. The standard InChI is InChI=1S/C13H11N5/c14-12-13(16-9-4-3-7-15-8-9)18-11-6-2-1-5-10(11)17-12/h1-8H,(H2,14,17)(H,16,18). The molecule has 18 heavy (non-hydrogen) atoms. The number of hydrogen-bond donors (Lipinski definition) is 2. The van der Waals surface area contributed by atoms with Gasteiger partial charge in [0.15, 0.2) is 11.6 Å². The average molecular weight is 237 g/mol. The second-order valence-electron chi connectivity index (χ2n) is 3.81. The second kappa shape index (κ2) is 4.29. The first-order valence-electron chi connectivity index (χ1n) is 5.52. The molecule has 0 saturated heterocycles. The van der Waals surface area contributed by atoms with E-state index in [1.165, 1.54) is 0 Å². The smallest absolute Gasteiger partial charge is 0.174 e. The first-order chi connectivity index (χ1) is 8.83. The summed E-state index contributed by atoms with van der Waals surface area (Å²) >= 11 is 0. The van der Waals surface area contributed by atoms with Gasteiger partial charge in [-0.25, -0.2) is 9.97 Å². The van der Waals surface area contributed by atoms with Crippen LogP contribution >= 0.6 is 0 Å². The number of rotatable bonds is 2. The zero-order valence-electron chi connectivity index (χ0n) is 9.54. The number of pyridine rings is 1. The zero-order valence-corrected chi connectivity index (χ0v) is 9.54. The fourth-order valence-electron chi connectivity index (χ4n) is 1.68. The van der Waals surface area contributed by atoms with E-state index in [2.05, 4.69) is 20.3 Å². The molecule has 3 rings (SSSR count). The molecule has 3 aromatic rings. The summed E-state index contributed by atoms with van der Waals surface area (Å²) in [6, 6.07) is 11.3. The van der Waals surface area contributed by atoms with Crippen LogP contribution in [-0.2, 0) is 0 Å². The Balaban J connectivity index is 2.04. The Hall–Kier alpha value is -2.69. The van der Waals surface area contributed by atoms with Crippen LogP contribution in [0.4, 0.5) is 17.3 Å². The Morgan fingerprint density at radius 3 is 2.44 bits per heavy atom. The van der Waals surface area contributed by atoms with E-state index in [4.69, 9.17) is 5.73 Å². The van der Waals surface area contributed by atoms with Crippen molar-refractivity contribution in [3.8, 4) is 0 Å². The summed E-state index contributed by atoms with van der Waals surface area (Å²) in [5, 5.41) is 3.10. The number of fused-ring (bicyclic) bond motifs is 1. The molecule has 0 bridgehead atoms.